The van der Waals surface area contributed by atoms with Crippen molar-refractivity contribution in [1.29, 1.82) is 0 Å². The molecule has 0 spiro atoms. The van der Waals surface area contributed by atoms with E-state index >= 15 is 0 Å². The smallest absolute Gasteiger partial charge is 0.268 e. The standard InChI is InChI=1S/C19H29N5O2S/c20-17(25)16-13-27-19(21-16)23-10-5-15(6-11-23)24-9-3-4-14(12-24)18(26)22-7-1-2-8-22/h13-15H,1-12H2,(H2,20,25)/t14-/m1/s1. The summed E-state index contributed by atoms with van der Waals surface area (Å²) in [6, 6.07) is 0.547. The molecule has 0 aliphatic carbocycles. The number of nitrogens with two attached hydrogens (primary N) is 1. The number of carbonyl (C=O) groups is 2. The minimum absolute atomic E-state index is 0.187. The third kappa shape index (κ3) is 4.11. The molecule has 27 heavy (non-hydrogen) atoms. The number of aromatic nitrogens is 1. The maximum Gasteiger partial charge on any atom is 0.268 e. The van der Waals surface area contributed by atoms with Crippen LogP contribution in [0.15, 0.2) is 5.38 Å². The zero-order valence-electron chi connectivity index (χ0n) is 15.8. The van der Waals surface area contributed by atoms with Gasteiger partial charge in [-0.05, 0) is 45.1 Å². The van der Waals surface area contributed by atoms with Crippen molar-refractivity contribution in [2.24, 2.45) is 11.7 Å². The average molecular weight is 392 g/mol. The van der Waals surface area contributed by atoms with Crippen molar-refractivity contribution in [2.75, 3.05) is 44.2 Å². The van der Waals surface area contributed by atoms with Gasteiger partial charge >= 0.3 is 0 Å². The molecule has 3 aliphatic rings. The van der Waals surface area contributed by atoms with Crippen molar-refractivity contribution in [1.82, 2.24) is 14.8 Å². The summed E-state index contributed by atoms with van der Waals surface area (Å²) in [4.78, 5) is 35.3. The van der Waals surface area contributed by atoms with Crippen LogP contribution in [0.5, 0.6) is 0 Å². The van der Waals surface area contributed by atoms with Gasteiger partial charge in [0.25, 0.3) is 5.91 Å². The number of hydrogen-bond donors (Lipinski definition) is 1. The molecule has 1 atom stereocenters. The Hall–Kier alpha value is -1.67. The van der Waals surface area contributed by atoms with Crippen molar-refractivity contribution >= 4 is 28.3 Å². The minimum Gasteiger partial charge on any atom is -0.364 e. The largest absolute Gasteiger partial charge is 0.364 e. The van der Waals surface area contributed by atoms with Gasteiger partial charge in [0.1, 0.15) is 5.69 Å². The van der Waals surface area contributed by atoms with Crippen LogP contribution in [-0.4, -0.2) is 71.9 Å². The Morgan fingerprint density at radius 3 is 2.44 bits per heavy atom. The van der Waals surface area contributed by atoms with E-state index in [1.54, 1.807) is 5.38 Å². The zero-order valence-corrected chi connectivity index (χ0v) is 16.6. The molecule has 3 saturated heterocycles. The van der Waals surface area contributed by atoms with E-state index in [4.69, 9.17) is 5.73 Å². The van der Waals surface area contributed by atoms with Gasteiger partial charge in [-0.1, -0.05) is 0 Å². The molecule has 8 heteroatoms. The SMILES string of the molecule is NC(=O)c1csc(N2CCC(N3CCC[C@@H](C(=O)N4CCCC4)C3)CC2)n1. The maximum absolute atomic E-state index is 12.8. The van der Waals surface area contributed by atoms with Gasteiger partial charge in [0.05, 0.1) is 5.92 Å². The lowest BCUT2D eigenvalue weighted by Gasteiger charge is -2.42. The summed E-state index contributed by atoms with van der Waals surface area (Å²) in [5.74, 6) is 0.109. The summed E-state index contributed by atoms with van der Waals surface area (Å²) >= 11 is 1.49. The van der Waals surface area contributed by atoms with Crippen LogP contribution in [0.1, 0.15) is 49.0 Å². The summed E-state index contributed by atoms with van der Waals surface area (Å²) in [5, 5.41) is 2.63. The molecule has 2 amide bonds. The molecule has 0 bridgehead atoms. The molecule has 148 valence electrons. The number of carbonyl (C=O) groups excluding carboxylic acids is 2. The lowest BCUT2D eigenvalue weighted by Crippen LogP contribution is -2.51. The van der Waals surface area contributed by atoms with E-state index in [2.05, 4.69) is 19.7 Å². The van der Waals surface area contributed by atoms with Gasteiger partial charge in [-0.25, -0.2) is 4.98 Å². The number of piperidine rings is 2. The van der Waals surface area contributed by atoms with Gasteiger partial charge in [0.2, 0.25) is 5.91 Å². The molecular formula is C19H29N5O2S. The van der Waals surface area contributed by atoms with Crippen LogP contribution in [0.25, 0.3) is 0 Å². The van der Waals surface area contributed by atoms with Crippen molar-refractivity contribution in [3.63, 3.8) is 0 Å². The minimum atomic E-state index is -0.464. The van der Waals surface area contributed by atoms with E-state index in [1.807, 2.05) is 0 Å². The first-order chi connectivity index (χ1) is 13.1. The third-order valence-electron chi connectivity index (χ3n) is 6.22. The number of rotatable bonds is 4. The van der Waals surface area contributed by atoms with Crippen LogP contribution < -0.4 is 10.6 Å². The molecule has 3 aliphatic heterocycles. The highest BCUT2D eigenvalue weighted by Crippen LogP contribution is 2.29. The highest BCUT2D eigenvalue weighted by molar-refractivity contribution is 7.13. The fraction of sp³-hybridized carbons (Fsp3) is 0.737. The van der Waals surface area contributed by atoms with Gasteiger partial charge in [-0.15, -0.1) is 11.3 Å². The molecule has 1 aromatic heterocycles. The van der Waals surface area contributed by atoms with Gasteiger partial charge in [-0.3, -0.25) is 14.5 Å². The number of thiazole rings is 1. The topological polar surface area (TPSA) is 82.8 Å². The van der Waals surface area contributed by atoms with E-state index in [0.29, 0.717) is 17.6 Å². The lowest BCUT2D eigenvalue weighted by molar-refractivity contribution is -0.136. The third-order valence-corrected chi connectivity index (χ3v) is 7.12. The molecule has 0 radical (unpaired) electrons. The van der Waals surface area contributed by atoms with Crippen molar-refractivity contribution in [3.8, 4) is 0 Å². The lowest BCUT2D eigenvalue weighted by atomic mass is 9.93. The van der Waals surface area contributed by atoms with E-state index < -0.39 is 5.91 Å². The van der Waals surface area contributed by atoms with Crippen LogP contribution in [0, 0.1) is 5.92 Å². The van der Waals surface area contributed by atoms with Gasteiger partial charge < -0.3 is 15.5 Å². The van der Waals surface area contributed by atoms with Gasteiger partial charge in [0, 0.05) is 44.1 Å². The Morgan fingerprint density at radius 1 is 1.04 bits per heavy atom. The molecule has 4 rings (SSSR count). The van der Waals surface area contributed by atoms with E-state index in [1.165, 1.54) is 11.3 Å². The summed E-state index contributed by atoms with van der Waals surface area (Å²) < 4.78 is 0. The summed E-state index contributed by atoms with van der Waals surface area (Å²) in [7, 11) is 0. The molecule has 2 N–H and O–H groups in total. The van der Waals surface area contributed by atoms with Crippen LogP contribution in [0.2, 0.25) is 0 Å². The van der Waals surface area contributed by atoms with Crippen molar-refractivity contribution < 1.29 is 9.59 Å². The molecule has 0 unspecified atom stereocenters. The Balaban J connectivity index is 1.30. The second-order valence-corrected chi connectivity index (χ2v) is 8.80. The molecule has 0 saturated carbocycles. The van der Waals surface area contributed by atoms with Crippen LogP contribution in [0.4, 0.5) is 5.13 Å². The van der Waals surface area contributed by atoms with E-state index in [0.717, 1.165) is 82.9 Å². The first kappa shape index (κ1) is 18.7. The Bertz CT molecular complexity index is 679. The first-order valence-corrected chi connectivity index (χ1v) is 11.0. The predicted octanol–water partition coefficient (Wildman–Crippen LogP) is 1.55. The predicted molar refractivity (Wildman–Crippen MR) is 106 cm³/mol. The Labute approximate surface area is 164 Å². The number of primary amides is 1. The Kier molecular flexibility index (Phi) is 5.63. The van der Waals surface area contributed by atoms with Crippen molar-refractivity contribution in [3.05, 3.63) is 11.1 Å². The van der Waals surface area contributed by atoms with E-state index in [9.17, 15) is 9.59 Å². The first-order valence-electron chi connectivity index (χ1n) is 10.1. The molecule has 4 heterocycles. The summed E-state index contributed by atoms with van der Waals surface area (Å²) in [6.45, 7) is 5.82. The number of amides is 2. The quantitative estimate of drug-likeness (QED) is 0.842. The molecule has 1 aromatic rings. The fourth-order valence-corrected chi connectivity index (χ4v) is 5.55. The second-order valence-electron chi connectivity index (χ2n) is 7.96. The summed E-state index contributed by atoms with van der Waals surface area (Å²) in [5.41, 5.74) is 5.67. The summed E-state index contributed by atoms with van der Waals surface area (Å²) in [6.07, 6.45) is 6.65. The monoisotopic (exact) mass is 391 g/mol. The van der Waals surface area contributed by atoms with Gasteiger partial charge in [0.15, 0.2) is 5.13 Å². The number of likely N-dealkylation sites (tertiary alicyclic amines) is 2. The van der Waals surface area contributed by atoms with Crippen LogP contribution >= 0.6 is 11.3 Å². The van der Waals surface area contributed by atoms with Crippen LogP contribution in [0.3, 0.4) is 0 Å². The number of hydrogen-bond acceptors (Lipinski definition) is 6. The highest BCUT2D eigenvalue weighted by atomic mass is 32.1. The average Bonchev–Trinajstić information content (AvgIpc) is 3.40. The second kappa shape index (κ2) is 8.14. The number of nitrogens with zero attached hydrogens (tertiary/aromatic N) is 4. The van der Waals surface area contributed by atoms with E-state index in [-0.39, 0.29) is 5.92 Å². The molecule has 0 aromatic carbocycles. The number of anilines is 1. The van der Waals surface area contributed by atoms with Gasteiger partial charge in [-0.2, -0.15) is 0 Å². The molecule has 7 nitrogen and oxygen atoms in total. The van der Waals surface area contributed by atoms with Crippen LogP contribution in [-0.2, 0) is 4.79 Å². The zero-order chi connectivity index (χ0) is 18.8. The molecule has 3 fully saturated rings. The normalized spacial score (nSPS) is 25.1. The molecular weight excluding hydrogens is 362 g/mol. The highest BCUT2D eigenvalue weighted by Gasteiger charge is 2.34. The van der Waals surface area contributed by atoms with Crippen molar-refractivity contribution in [2.45, 2.75) is 44.6 Å². The maximum atomic E-state index is 12.8. The Morgan fingerprint density at radius 2 is 1.78 bits per heavy atom. The fourth-order valence-electron chi connectivity index (χ4n) is 4.68.